The topological polar surface area (TPSA) is 51.7 Å². The minimum atomic E-state index is -0.0700. The summed E-state index contributed by atoms with van der Waals surface area (Å²) in [5, 5.41) is 1.02. The van der Waals surface area contributed by atoms with Crippen LogP contribution >= 0.6 is 0 Å². The number of fused-ring (bicyclic) bond motifs is 2. The van der Waals surface area contributed by atoms with Gasteiger partial charge in [0, 0.05) is 17.5 Å². The number of anilines is 1. The predicted octanol–water partition coefficient (Wildman–Crippen LogP) is 3.45. The highest BCUT2D eigenvalue weighted by atomic mass is 16.5. The van der Waals surface area contributed by atoms with Crippen molar-refractivity contribution < 1.29 is 14.3 Å². The molecule has 0 N–H and O–H groups in total. The van der Waals surface area contributed by atoms with Gasteiger partial charge in [0.1, 0.15) is 22.8 Å². The number of carbonyl (C=O) groups excluding carboxylic acids is 1. The number of para-hydroxylation sites is 1. The van der Waals surface area contributed by atoms with Gasteiger partial charge in [0.2, 0.25) is 0 Å². The van der Waals surface area contributed by atoms with Gasteiger partial charge >= 0.3 is 0 Å². The van der Waals surface area contributed by atoms with E-state index in [9.17, 15) is 4.79 Å². The van der Waals surface area contributed by atoms with E-state index in [2.05, 4.69) is 6.07 Å². The Kier molecular flexibility index (Phi) is 3.76. The quantitative estimate of drug-likeness (QED) is 0.736. The van der Waals surface area contributed by atoms with Crippen LogP contribution in [0.5, 0.6) is 11.5 Å². The third-order valence-corrected chi connectivity index (χ3v) is 4.51. The highest BCUT2D eigenvalue weighted by Crippen LogP contribution is 2.33. The zero-order valence-electron chi connectivity index (χ0n) is 14.2. The number of ether oxygens (including phenoxy) is 2. The van der Waals surface area contributed by atoms with Gasteiger partial charge < -0.3 is 9.47 Å². The van der Waals surface area contributed by atoms with Crippen LogP contribution in [0.4, 0.5) is 5.82 Å². The number of nitrogens with zero attached hydrogens (tertiary/aromatic N) is 2. The SMILES string of the molecule is COc1cccc(C(=O)N2CCc3cc4cccc(OC)c4nc32)c1. The summed E-state index contributed by atoms with van der Waals surface area (Å²) in [5.41, 5.74) is 2.44. The fourth-order valence-corrected chi connectivity index (χ4v) is 3.24. The maximum Gasteiger partial charge on any atom is 0.259 e. The number of amides is 1. The predicted molar refractivity (Wildman–Crippen MR) is 96.7 cm³/mol. The zero-order chi connectivity index (χ0) is 17.4. The number of carbonyl (C=O) groups is 1. The molecular weight excluding hydrogens is 316 g/mol. The molecule has 126 valence electrons. The van der Waals surface area contributed by atoms with E-state index in [0.717, 1.165) is 22.9 Å². The fourth-order valence-electron chi connectivity index (χ4n) is 3.24. The number of pyridine rings is 1. The lowest BCUT2D eigenvalue weighted by Gasteiger charge is -2.17. The van der Waals surface area contributed by atoms with E-state index in [-0.39, 0.29) is 5.91 Å². The molecule has 2 aromatic carbocycles. The van der Waals surface area contributed by atoms with Crippen molar-refractivity contribution in [1.82, 2.24) is 4.98 Å². The second-order valence-electron chi connectivity index (χ2n) is 5.94. The minimum absolute atomic E-state index is 0.0700. The molecule has 0 atom stereocenters. The number of methoxy groups -OCH3 is 2. The fraction of sp³-hybridized carbons (Fsp3) is 0.200. The van der Waals surface area contributed by atoms with Crippen LogP contribution in [0.2, 0.25) is 0 Å². The van der Waals surface area contributed by atoms with Crippen molar-refractivity contribution in [3.8, 4) is 11.5 Å². The number of hydrogen-bond acceptors (Lipinski definition) is 4. The third-order valence-electron chi connectivity index (χ3n) is 4.51. The molecule has 1 aliphatic rings. The lowest BCUT2D eigenvalue weighted by molar-refractivity contribution is 0.0988. The largest absolute Gasteiger partial charge is 0.497 e. The molecule has 1 aromatic heterocycles. The minimum Gasteiger partial charge on any atom is -0.497 e. The molecule has 0 unspecified atom stereocenters. The van der Waals surface area contributed by atoms with Gasteiger partial charge in [0.25, 0.3) is 5.91 Å². The summed E-state index contributed by atoms with van der Waals surface area (Å²) in [6, 6.07) is 15.1. The molecule has 1 aliphatic heterocycles. The van der Waals surface area contributed by atoms with Gasteiger partial charge in [-0.1, -0.05) is 18.2 Å². The van der Waals surface area contributed by atoms with Crippen molar-refractivity contribution >= 4 is 22.6 Å². The Morgan fingerprint density at radius 3 is 2.72 bits per heavy atom. The first kappa shape index (κ1) is 15.4. The first-order valence-corrected chi connectivity index (χ1v) is 8.14. The molecule has 0 bridgehead atoms. The molecule has 0 fully saturated rings. The van der Waals surface area contributed by atoms with Gasteiger partial charge in [-0.15, -0.1) is 0 Å². The lowest BCUT2D eigenvalue weighted by atomic mass is 10.1. The van der Waals surface area contributed by atoms with Crippen LogP contribution in [0.3, 0.4) is 0 Å². The third kappa shape index (κ3) is 2.58. The maximum absolute atomic E-state index is 13.0. The summed E-state index contributed by atoms with van der Waals surface area (Å²) in [6.07, 6.45) is 0.797. The van der Waals surface area contributed by atoms with Gasteiger partial charge in [-0.05, 0) is 42.3 Å². The molecule has 5 nitrogen and oxygen atoms in total. The lowest BCUT2D eigenvalue weighted by Crippen LogP contribution is -2.29. The Morgan fingerprint density at radius 2 is 1.92 bits per heavy atom. The summed E-state index contributed by atoms with van der Waals surface area (Å²) < 4.78 is 10.6. The second-order valence-corrected chi connectivity index (χ2v) is 5.94. The van der Waals surface area contributed by atoms with E-state index in [1.165, 1.54) is 0 Å². The molecular formula is C20H18N2O3. The van der Waals surface area contributed by atoms with Crippen LogP contribution < -0.4 is 14.4 Å². The summed E-state index contributed by atoms with van der Waals surface area (Å²) in [4.78, 5) is 19.4. The molecule has 0 saturated carbocycles. The smallest absolute Gasteiger partial charge is 0.259 e. The molecule has 1 amide bonds. The average Bonchev–Trinajstić information content (AvgIpc) is 3.08. The molecule has 3 aromatic rings. The first-order chi connectivity index (χ1) is 12.2. The average molecular weight is 334 g/mol. The molecule has 0 saturated heterocycles. The van der Waals surface area contributed by atoms with Gasteiger partial charge in [0.15, 0.2) is 0 Å². The Morgan fingerprint density at radius 1 is 1.08 bits per heavy atom. The molecule has 5 heteroatoms. The Hall–Kier alpha value is -3.08. The standard InChI is InChI=1S/C20H18N2O3/c1-24-16-7-3-6-15(12-16)20(23)22-10-9-14-11-13-5-4-8-17(25-2)18(13)21-19(14)22/h3-8,11-12H,9-10H2,1-2H3. The first-order valence-electron chi connectivity index (χ1n) is 8.14. The van der Waals surface area contributed by atoms with Crippen LogP contribution in [-0.2, 0) is 6.42 Å². The van der Waals surface area contributed by atoms with Crippen LogP contribution in [0.25, 0.3) is 10.9 Å². The van der Waals surface area contributed by atoms with Crippen molar-refractivity contribution in [3.05, 3.63) is 59.7 Å². The molecule has 0 aliphatic carbocycles. The molecule has 4 rings (SSSR count). The highest BCUT2D eigenvalue weighted by molar-refractivity contribution is 6.07. The number of hydrogen-bond donors (Lipinski definition) is 0. The van der Waals surface area contributed by atoms with Crippen molar-refractivity contribution in [2.75, 3.05) is 25.7 Å². The van der Waals surface area contributed by atoms with E-state index >= 15 is 0 Å². The maximum atomic E-state index is 13.0. The zero-order valence-corrected chi connectivity index (χ0v) is 14.2. The van der Waals surface area contributed by atoms with E-state index in [4.69, 9.17) is 14.5 Å². The molecule has 25 heavy (non-hydrogen) atoms. The Bertz CT molecular complexity index is 968. The van der Waals surface area contributed by atoms with Crippen LogP contribution in [0.1, 0.15) is 15.9 Å². The van der Waals surface area contributed by atoms with Crippen molar-refractivity contribution in [3.63, 3.8) is 0 Å². The van der Waals surface area contributed by atoms with E-state index in [1.807, 2.05) is 30.3 Å². The van der Waals surface area contributed by atoms with Crippen LogP contribution in [-0.4, -0.2) is 31.7 Å². The van der Waals surface area contributed by atoms with E-state index in [0.29, 0.717) is 29.4 Å². The van der Waals surface area contributed by atoms with Crippen molar-refractivity contribution in [2.24, 2.45) is 0 Å². The monoisotopic (exact) mass is 334 g/mol. The van der Waals surface area contributed by atoms with E-state index < -0.39 is 0 Å². The van der Waals surface area contributed by atoms with Crippen molar-refractivity contribution in [2.45, 2.75) is 6.42 Å². The molecule has 0 radical (unpaired) electrons. The van der Waals surface area contributed by atoms with Crippen LogP contribution in [0.15, 0.2) is 48.5 Å². The van der Waals surface area contributed by atoms with E-state index in [1.54, 1.807) is 31.3 Å². The summed E-state index contributed by atoms with van der Waals surface area (Å²) in [7, 11) is 3.22. The van der Waals surface area contributed by atoms with Gasteiger partial charge in [-0.2, -0.15) is 0 Å². The molecule has 2 heterocycles. The van der Waals surface area contributed by atoms with Crippen molar-refractivity contribution in [1.29, 1.82) is 0 Å². The van der Waals surface area contributed by atoms with Gasteiger partial charge in [-0.3, -0.25) is 9.69 Å². The molecule has 0 spiro atoms. The second kappa shape index (κ2) is 6.09. The number of rotatable bonds is 3. The summed E-state index contributed by atoms with van der Waals surface area (Å²) >= 11 is 0. The summed E-state index contributed by atoms with van der Waals surface area (Å²) in [6.45, 7) is 0.622. The number of benzene rings is 2. The normalized spacial score (nSPS) is 13.0. The number of aromatic nitrogens is 1. The highest BCUT2D eigenvalue weighted by Gasteiger charge is 2.28. The van der Waals surface area contributed by atoms with Gasteiger partial charge in [0.05, 0.1) is 14.2 Å². The van der Waals surface area contributed by atoms with Gasteiger partial charge in [-0.25, -0.2) is 4.98 Å². The summed E-state index contributed by atoms with van der Waals surface area (Å²) in [5.74, 6) is 2.02. The van der Waals surface area contributed by atoms with Crippen LogP contribution in [0, 0.1) is 0 Å². The Balaban J connectivity index is 1.78. The Labute approximate surface area is 145 Å².